The van der Waals surface area contributed by atoms with E-state index in [4.69, 9.17) is 5.73 Å². The van der Waals surface area contributed by atoms with Crippen LogP contribution >= 0.6 is 11.8 Å². The number of nitrogens with zero attached hydrogens (tertiary/aromatic N) is 1. The minimum Gasteiger partial charge on any atom is -0.337 e. The van der Waals surface area contributed by atoms with E-state index >= 15 is 0 Å². The number of carbonyl (C=O) groups is 1. The van der Waals surface area contributed by atoms with Crippen LogP contribution in [-0.4, -0.2) is 29.9 Å². The molecule has 2 aromatic rings. The average molecular weight is 312 g/mol. The molecule has 1 amide bonds. The lowest BCUT2D eigenvalue weighted by Gasteiger charge is -2.15. The van der Waals surface area contributed by atoms with Crippen LogP contribution in [0.1, 0.15) is 22.3 Å². The van der Waals surface area contributed by atoms with Gasteiger partial charge in [-0.2, -0.15) is 0 Å². The lowest BCUT2D eigenvalue weighted by atomic mass is 10.2. The summed E-state index contributed by atoms with van der Waals surface area (Å²) in [6.07, 6.45) is 0.900. The maximum atomic E-state index is 12.3. The molecule has 1 fully saturated rings. The van der Waals surface area contributed by atoms with Crippen molar-refractivity contribution in [3.05, 3.63) is 65.7 Å². The van der Waals surface area contributed by atoms with Crippen molar-refractivity contribution >= 4 is 17.7 Å². The van der Waals surface area contributed by atoms with Crippen molar-refractivity contribution in [2.24, 2.45) is 5.73 Å². The Hall–Kier alpha value is -1.78. The molecule has 2 N–H and O–H groups in total. The van der Waals surface area contributed by atoms with E-state index < -0.39 is 0 Å². The Morgan fingerprint density at radius 2 is 1.86 bits per heavy atom. The van der Waals surface area contributed by atoms with Crippen LogP contribution in [0.4, 0.5) is 0 Å². The number of amides is 1. The molecule has 0 bridgehead atoms. The molecule has 3 rings (SSSR count). The Bertz CT molecular complexity index is 627. The highest BCUT2D eigenvalue weighted by Crippen LogP contribution is 2.23. The first-order valence-corrected chi connectivity index (χ1v) is 8.52. The van der Waals surface area contributed by atoms with Gasteiger partial charge in [0.15, 0.2) is 0 Å². The molecule has 3 nitrogen and oxygen atoms in total. The summed E-state index contributed by atoms with van der Waals surface area (Å²) in [6.45, 7) is 1.44. The molecule has 0 aromatic heterocycles. The van der Waals surface area contributed by atoms with Crippen LogP contribution in [0.3, 0.4) is 0 Å². The standard InChI is InChI=1S/C18H20N2OS/c19-16-10-11-20(12-16)18(21)15-6-8-17(9-7-15)22-13-14-4-2-1-3-5-14/h1-9,16H,10-13,19H2/t16-/m0/s1. The number of likely N-dealkylation sites (tertiary alicyclic amines) is 1. The molecule has 0 spiro atoms. The summed E-state index contributed by atoms with van der Waals surface area (Å²) in [5, 5.41) is 0. The highest BCUT2D eigenvalue weighted by Gasteiger charge is 2.24. The van der Waals surface area contributed by atoms with Crippen LogP contribution in [0.25, 0.3) is 0 Å². The molecule has 22 heavy (non-hydrogen) atoms. The van der Waals surface area contributed by atoms with E-state index in [1.54, 1.807) is 11.8 Å². The normalized spacial score (nSPS) is 17.7. The second-order valence-electron chi connectivity index (χ2n) is 5.60. The molecule has 0 unspecified atom stereocenters. The van der Waals surface area contributed by atoms with Gasteiger partial charge in [0.1, 0.15) is 0 Å². The number of rotatable bonds is 4. The second kappa shape index (κ2) is 6.99. The van der Waals surface area contributed by atoms with Crippen molar-refractivity contribution in [3.63, 3.8) is 0 Å². The van der Waals surface area contributed by atoms with Crippen molar-refractivity contribution in [1.82, 2.24) is 4.90 Å². The van der Waals surface area contributed by atoms with E-state index in [-0.39, 0.29) is 11.9 Å². The van der Waals surface area contributed by atoms with Crippen molar-refractivity contribution in [1.29, 1.82) is 0 Å². The molecule has 2 aromatic carbocycles. The molecule has 1 saturated heterocycles. The van der Waals surface area contributed by atoms with Gasteiger partial charge in [-0.3, -0.25) is 4.79 Å². The summed E-state index contributed by atoms with van der Waals surface area (Å²) >= 11 is 1.78. The highest BCUT2D eigenvalue weighted by molar-refractivity contribution is 7.98. The van der Waals surface area contributed by atoms with Gasteiger partial charge in [0.25, 0.3) is 5.91 Å². The Balaban J connectivity index is 1.59. The Labute approximate surface area is 135 Å². The van der Waals surface area contributed by atoms with Gasteiger partial charge in [0.05, 0.1) is 0 Å². The van der Waals surface area contributed by atoms with Crippen LogP contribution in [0.15, 0.2) is 59.5 Å². The second-order valence-corrected chi connectivity index (χ2v) is 6.65. The first-order valence-electron chi connectivity index (χ1n) is 7.54. The van der Waals surface area contributed by atoms with Crippen molar-refractivity contribution in [2.45, 2.75) is 23.1 Å². The van der Waals surface area contributed by atoms with Crippen LogP contribution < -0.4 is 5.73 Å². The number of nitrogens with two attached hydrogens (primary N) is 1. The number of hydrogen-bond donors (Lipinski definition) is 1. The third-order valence-corrected chi connectivity index (χ3v) is 4.94. The minimum absolute atomic E-state index is 0.0903. The van der Waals surface area contributed by atoms with Gasteiger partial charge < -0.3 is 10.6 Å². The Kier molecular flexibility index (Phi) is 4.80. The zero-order valence-corrected chi connectivity index (χ0v) is 13.3. The van der Waals surface area contributed by atoms with Gasteiger partial charge in [-0.15, -0.1) is 11.8 Å². The number of hydrogen-bond acceptors (Lipinski definition) is 3. The van der Waals surface area contributed by atoms with E-state index in [2.05, 4.69) is 24.3 Å². The third kappa shape index (κ3) is 3.70. The zero-order chi connectivity index (χ0) is 15.4. The lowest BCUT2D eigenvalue weighted by Crippen LogP contribution is -2.31. The summed E-state index contributed by atoms with van der Waals surface area (Å²) in [4.78, 5) is 15.4. The summed E-state index contributed by atoms with van der Waals surface area (Å²) in [6, 6.07) is 18.4. The van der Waals surface area contributed by atoms with E-state index in [9.17, 15) is 4.79 Å². The monoisotopic (exact) mass is 312 g/mol. The van der Waals surface area contributed by atoms with E-state index in [0.717, 1.165) is 24.3 Å². The molecule has 0 saturated carbocycles. The van der Waals surface area contributed by atoms with Crippen molar-refractivity contribution in [2.75, 3.05) is 13.1 Å². The fourth-order valence-electron chi connectivity index (χ4n) is 2.59. The summed E-state index contributed by atoms with van der Waals surface area (Å²) in [5.74, 6) is 1.03. The molecular formula is C18H20N2OS. The van der Waals surface area contributed by atoms with E-state index in [0.29, 0.717) is 6.54 Å². The largest absolute Gasteiger partial charge is 0.337 e. The Morgan fingerprint density at radius 1 is 1.14 bits per heavy atom. The maximum absolute atomic E-state index is 12.3. The summed E-state index contributed by atoms with van der Waals surface area (Å²) in [7, 11) is 0. The quantitative estimate of drug-likeness (QED) is 0.882. The van der Waals surface area contributed by atoms with Gasteiger partial charge >= 0.3 is 0 Å². The number of carbonyl (C=O) groups excluding carboxylic acids is 1. The van der Waals surface area contributed by atoms with Crippen LogP contribution in [-0.2, 0) is 5.75 Å². The molecule has 0 radical (unpaired) electrons. The van der Waals surface area contributed by atoms with Gasteiger partial charge in [0, 0.05) is 35.3 Å². The van der Waals surface area contributed by atoms with Crippen LogP contribution in [0.2, 0.25) is 0 Å². The smallest absolute Gasteiger partial charge is 0.253 e. The zero-order valence-electron chi connectivity index (χ0n) is 12.4. The predicted octanol–water partition coefficient (Wildman–Crippen LogP) is 3.15. The van der Waals surface area contributed by atoms with Crippen LogP contribution in [0.5, 0.6) is 0 Å². The van der Waals surface area contributed by atoms with Gasteiger partial charge in [0.2, 0.25) is 0 Å². The molecule has 1 heterocycles. The van der Waals surface area contributed by atoms with Crippen molar-refractivity contribution in [3.8, 4) is 0 Å². The fraction of sp³-hybridized carbons (Fsp3) is 0.278. The molecule has 114 valence electrons. The van der Waals surface area contributed by atoms with Gasteiger partial charge in [-0.25, -0.2) is 0 Å². The van der Waals surface area contributed by atoms with E-state index in [1.807, 2.05) is 35.2 Å². The average Bonchev–Trinajstić information content (AvgIpc) is 3.00. The maximum Gasteiger partial charge on any atom is 0.253 e. The van der Waals surface area contributed by atoms with Crippen LogP contribution in [0, 0.1) is 0 Å². The molecule has 1 aliphatic rings. The SMILES string of the molecule is N[C@H]1CCN(C(=O)c2ccc(SCc3ccccc3)cc2)C1. The first kappa shape index (κ1) is 15.1. The first-order chi connectivity index (χ1) is 10.7. The highest BCUT2D eigenvalue weighted by atomic mass is 32.2. The lowest BCUT2D eigenvalue weighted by molar-refractivity contribution is 0.0791. The van der Waals surface area contributed by atoms with Gasteiger partial charge in [-0.05, 0) is 36.2 Å². The number of thioether (sulfide) groups is 1. The van der Waals surface area contributed by atoms with E-state index in [1.165, 1.54) is 10.5 Å². The Morgan fingerprint density at radius 3 is 2.50 bits per heavy atom. The molecule has 1 atom stereocenters. The predicted molar refractivity (Wildman–Crippen MR) is 90.9 cm³/mol. The molecular weight excluding hydrogens is 292 g/mol. The fourth-order valence-corrected chi connectivity index (χ4v) is 3.44. The topological polar surface area (TPSA) is 46.3 Å². The number of benzene rings is 2. The minimum atomic E-state index is 0.0903. The van der Waals surface area contributed by atoms with Gasteiger partial charge in [-0.1, -0.05) is 30.3 Å². The summed E-state index contributed by atoms with van der Waals surface area (Å²) in [5.41, 5.74) is 7.92. The molecule has 4 heteroatoms. The van der Waals surface area contributed by atoms with Crippen molar-refractivity contribution < 1.29 is 4.79 Å². The summed E-state index contributed by atoms with van der Waals surface area (Å²) < 4.78 is 0. The third-order valence-electron chi connectivity index (χ3n) is 3.86. The molecule has 0 aliphatic carbocycles. The molecule has 1 aliphatic heterocycles.